The summed E-state index contributed by atoms with van der Waals surface area (Å²) in [6.45, 7) is 3.63. The average Bonchev–Trinajstić information content (AvgIpc) is 4.07. The van der Waals surface area contributed by atoms with Gasteiger partial charge < -0.3 is 19.8 Å². The fourth-order valence-electron chi connectivity index (χ4n) is 7.13. The van der Waals surface area contributed by atoms with E-state index in [4.69, 9.17) is 15.0 Å². The number of halogens is 2. The van der Waals surface area contributed by atoms with Crippen molar-refractivity contribution < 1.29 is 42.5 Å². The maximum atomic E-state index is 13.1. The highest BCUT2D eigenvalue weighted by atomic mass is 79.9. The summed E-state index contributed by atoms with van der Waals surface area (Å²) in [7, 11) is -3.79. The molecule has 0 unspecified atom stereocenters. The lowest BCUT2D eigenvalue weighted by molar-refractivity contribution is 0.0303. The van der Waals surface area contributed by atoms with E-state index in [9.17, 15) is 32.7 Å². The van der Waals surface area contributed by atoms with Crippen LogP contribution >= 0.6 is 43.2 Å². The van der Waals surface area contributed by atoms with Crippen molar-refractivity contribution in [3.05, 3.63) is 158 Å². The van der Waals surface area contributed by atoms with Gasteiger partial charge in [0, 0.05) is 50.1 Å². The van der Waals surface area contributed by atoms with Crippen LogP contribution in [0.25, 0.3) is 25.0 Å². The lowest BCUT2D eigenvalue weighted by Gasteiger charge is -2.26. The molecule has 2 aliphatic carbocycles. The van der Waals surface area contributed by atoms with Crippen molar-refractivity contribution in [1.29, 1.82) is 0 Å². The number of rotatable bonds is 8. The maximum absolute atomic E-state index is 13.1. The molecule has 6 aromatic rings. The Morgan fingerprint density at radius 1 is 0.806 bits per heavy atom. The van der Waals surface area contributed by atoms with Gasteiger partial charge in [0.1, 0.15) is 0 Å². The number of benzene rings is 4. The van der Waals surface area contributed by atoms with E-state index in [1.165, 1.54) is 40.0 Å². The molecule has 1 aliphatic heterocycles. The Kier molecular flexibility index (Phi) is 13.5. The summed E-state index contributed by atoms with van der Waals surface area (Å²) in [6.07, 6.45) is 8.24. The van der Waals surface area contributed by atoms with E-state index in [0.717, 1.165) is 60.5 Å². The number of primary sulfonamides is 1. The first kappa shape index (κ1) is 44.5. The Morgan fingerprint density at radius 2 is 1.40 bits per heavy atom. The molecule has 1 amide bonds. The number of carbonyl (C=O) groups excluding carboxylic acids is 2. The summed E-state index contributed by atoms with van der Waals surface area (Å²) in [5.41, 5.74) is 8.73. The van der Waals surface area contributed by atoms with Crippen LogP contribution in [0.1, 0.15) is 81.9 Å². The largest absolute Gasteiger partial charge is 0.478 e. The van der Waals surface area contributed by atoms with Crippen LogP contribution in [0, 0.1) is 0 Å². The molecule has 0 spiro atoms. The van der Waals surface area contributed by atoms with Crippen LogP contribution in [0.2, 0.25) is 0 Å². The summed E-state index contributed by atoms with van der Waals surface area (Å²) in [4.78, 5) is 52.3. The zero-order valence-electron chi connectivity index (χ0n) is 33.0. The quantitative estimate of drug-likeness (QED) is 0.125. The second kappa shape index (κ2) is 18.8. The van der Waals surface area contributed by atoms with Crippen LogP contribution in [0.5, 0.6) is 0 Å². The Labute approximate surface area is 377 Å². The summed E-state index contributed by atoms with van der Waals surface area (Å²) >= 11 is 8.08. The molecule has 62 heavy (non-hydrogen) atoms. The van der Waals surface area contributed by atoms with Gasteiger partial charge in [0.05, 0.1) is 29.2 Å². The number of nitrogens with two attached hydrogens (primary N) is 1. The molecule has 0 saturated carbocycles. The molecule has 1 saturated heterocycles. The van der Waals surface area contributed by atoms with Crippen LogP contribution < -0.4 is 5.14 Å². The van der Waals surface area contributed by atoms with Crippen LogP contribution in [-0.2, 0) is 34.0 Å². The minimum Gasteiger partial charge on any atom is -0.478 e. The van der Waals surface area contributed by atoms with Crippen molar-refractivity contribution in [2.45, 2.75) is 31.1 Å². The number of carboxylic acids is 2. The van der Waals surface area contributed by atoms with E-state index in [2.05, 4.69) is 42.9 Å². The van der Waals surface area contributed by atoms with Crippen molar-refractivity contribution >= 4 is 96.7 Å². The Balaban J connectivity index is 0.000000179. The van der Waals surface area contributed by atoms with Gasteiger partial charge >= 0.3 is 11.9 Å². The summed E-state index contributed by atoms with van der Waals surface area (Å²) in [5.74, 6) is -1.96. The second-order valence-electron chi connectivity index (χ2n) is 14.5. The molecule has 9 rings (SSSR count). The second-order valence-corrected chi connectivity index (χ2v) is 18.6. The van der Waals surface area contributed by atoms with E-state index in [1.54, 1.807) is 52.8 Å². The molecule has 17 heteroatoms. The molecule has 4 N–H and O–H groups in total. The third kappa shape index (κ3) is 10.0. The predicted octanol–water partition coefficient (Wildman–Crippen LogP) is 8.35. The number of aromatic nitrogens is 2. The molecule has 3 aliphatic rings. The number of aromatic carboxylic acids is 2. The van der Waals surface area contributed by atoms with Gasteiger partial charge in [-0.15, -0.1) is 11.3 Å². The van der Waals surface area contributed by atoms with Crippen molar-refractivity contribution in [3.63, 3.8) is 0 Å². The molecule has 318 valence electrons. The fourth-order valence-corrected chi connectivity index (χ4v) is 9.53. The Bertz CT molecular complexity index is 2850. The molecular weight excluding hydrogens is 964 g/mol. The number of amides is 1. The number of sulfonamides is 1. The molecular formula is C45H38Br2N4O9S2. The monoisotopic (exact) mass is 1000 g/mol. The number of hydrogen-bond acceptors (Lipinski definition) is 9. The Morgan fingerprint density at radius 3 is 1.97 bits per heavy atom. The number of fused-ring (bicyclic) bond motifs is 3. The molecule has 0 bridgehead atoms. The number of carbonyl (C=O) groups is 4. The highest BCUT2D eigenvalue weighted by Gasteiger charge is 2.22. The first-order chi connectivity index (χ1) is 29.6. The number of nitrogens with zero attached hydrogens (tertiary/aromatic N) is 3. The number of thiazole rings is 1. The van der Waals surface area contributed by atoms with E-state index in [1.807, 2.05) is 42.6 Å². The third-order valence-corrected chi connectivity index (χ3v) is 13.6. The molecule has 4 aromatic carbocycles. The number of hydrogen-bond donors (Lipinski definition) is 3. The number of Topliss-reactive ketones (excluding diaryl/α,β-unsaturated/α-hetero) is 1. The van der Waals surface area contributed by atoms with E-state index < -0.39 is 22.0 Å². The number of ether oxygens (including phenoxy) is 1. The predicted molar refractivity (Wildman–Crippen MR) is 244 cm³/mol. The lowest BCUT2D eigenvalue weighted by Crippen LogP contribution is -2.40. The summed E-state index contributed by atoms with van der Waals surface area (Å²) in [6, 6.07) is 22.8. The van der Waals surface area contributed by atoms with E-state index in [-0.39, 0.29) is 22.3 Å². The smallest absolute Gasteiger partial charge is 0.355 e. The van der Waals surface area contributed by atoms with Gasteiger partial charge in [-0.3, -0.25) is 14.2 Å². The van der Waals surface area contributed by atoms with Crippen molar-refractivity contribution in [2.75, 3.05) is 26.3 Å². The average molecular weight is 1000 g/mol. The molecule has 2 aromatic heterocycles. The van der Waals surface area contributed by atoms with Gasteiger partial charge in [-0.1, -0.05) is 80.4 Å². The number of morpholine rings is 1. The minimum atomic E-state index is -3.79. The van der Waals surface area contributed by atoms with Crippen LogP contribution in [0.15, 0.2) is 107 Å². The zero-order valence-corrected chi connectivity index (χ0v) is 37.8. The van der Waals surface area contributed by atoms with Gasteiger partial charge in [-0.05, 0) is 102 Å². The fraction of sp³-hybridized carbons (Fsp3) is 0.178. The molecule has 3 heterocycles. The number of ketones is 1. The van der Waals surface area contributed by atoms with Crippen LogP contribution in [-0.4, -0.2) is 83.0 Å². The maximum Gasteiger partial charge on any atom is 0.355 e. The zero-order chi connectivity index (χ0) is 44.3. The van der Waals surface area contributed by atoms with Gasteiger partial charge in [-0.2, -0.15) is 0 Å². The highest BCUT2D eigenvalue weighted by molar-refractivity contribution is 9.15. The first-order valence-corrected chi connectivity index (χ1v) is 23.1. The van der Waals surface area contributed by atoms with E-state index >= 15 is 0 Å². The number of carboxylic acid groups (broad SMARTS) is 2. The van der Waals surface area contributed by atoms with Crippen molar-refractivity contribution in [1.82, 2.24) is 14.5 Å². The van der Waals surface area contributed by atoms with Gasteiger partial charge in [0.15, 0.2) is 16.6 Å². The third-order valence-electron chi connectivity index (χ3n) is 10.4. The van der Waals surface area contributed by atoms with Crippen LogP contribution in [0.3, 0.4) is 0 Å². The molecule has 13 nitrogen and oxygen atoms in total. The lowest BCUT2D eigenvalue weighted by atomic mass is 10.0. The highest BCUT2D eigenvalue weighted by Crippen LogP contribution is 2.34. The van der Waals surface area contributed by atoms with Gasteiger partial charge in [0.2, 0.25) is 10.0 Å². The SMILES string of the molecule is CC(=O)c1ccc2c(c1)CC=C2Br.NS(=O)(=O)c1ccc(Cc2cn(-c3nc(C(=O)O)cs3)c3cc(C(=O)N4CCOCC4)ccc23)cc1.O=C(O)c1ccc2c(c1)CC=C2Br. The molecule has 0 atom stereocenters. The molecule has 1 fully saturated rings. The van der Waals surface area contributed by atoms with Crippen LogP contribution in [0.4, 0.5) is 0 Å². The van der Waals surface area contributed by atoms with Crippen molar-refractivity contribution in [3.8, 4) is 5.13 Å². The van der Waals surface area contributed by atoms with Crippen molar-refractivity contribution in [2.24, 2.45) is 5.14 Å². The molecule has 0 radical (unpaired) electrons. The first-order valence-electron chi connectivity index (χ1n) is 19.1. The standard InChI is InChI=1S/C24H22N4O6S2.C11H9BrO.C10H7BrO2/c25-36(32,33)18-4-1-15(2-5-18)11-17-13-28(24-26-20(14-35-24)23(30)31)21-12-16(3-6-19(17)21)22(29)27-7-9-34-10-8-27;1-7(13)8-2-4-10-9(6-8)3-5-11(10)12;11-9-4-2-6-5-7(10(12)13)1-3-8(6)9/h1-6,12-14H,7-11H2,(H,30,31)(H2,25,32,33);2,4-6H,3H2,1H3;1,3-5H,2H2,(H,12,13). The van der Waals surface area contributed by atoms with E-state index in [0.29, 0.717) is 49.0 Å². The summed E-state index contributed by atoms with van der Waals surface area (Å²) < 4.78 is 32.5. The Hall–Kier alpha value is -5.56. The van der Waals surface area contributed by atoms with Gasteiger partial charge in [-0.25, -0.2) is 28.1 Å². The summed E-state index contributed by atoms with van der Waals surface area (Å²) in [5, 5.41) is 26.1. The topological polar surface area (TPSA) is 199 Å². The number of allylic oxidation sites excluding steroid dienone is 2. The minimum absolute atomic E-state index is 0.0314. The van der Waals surface area contributed by atoms with Gasteiger partial charge in [0.25, 0.3) is 5.91 Å². The normalized spacial score (nSPS) is 14.1.